The maximum absolute atomic E-state index is 7.96. The van der Waals surface area contributed by atoms with Crippen LogP contribution in [-0.4, -0.2) is 4.89 Å². The fourth-order valence-electron chi connectivity index (χ4n) is 0. The van der Waals surface area contributed by atoms with Crippen molar-refractivity contribution < 1.29 is 9.20 Å². The summed E-state index contributed by atoms with van der Waals surface area (Å²) in [7, 11) is 0.213. The second-order valence-electron chi connectivity index (χ2n) is 0.408. The van der Waals surface area contributed by atoms with Gasteiger partial charge in [-0.1, -0.05) is 0 Å². The lowest BCUT2D eigenvalue weighted by molar-refractivity contribution is 0.526. The van der Waals surface area contributed by atoms with E-state index in [0.29, 0.717) is 0 Å². The summed E-state index contributed by atoms with van der Waals surface area (Å²) in [4.78, 5) is 7.96. The molecular formula is H5NO2P2. The summed E-state index contributed by atoms with van der Waals surface area (Å²) in [6, 6.07) is 0. The summed E-state index contributed by atoms with van der Waals surface area (Å²) in [6.45, 7) is 0. The molecule has 0 bridgehead atoms. The van der Waals surface area contributed by atoms with Crippen molar-refractivity contribution >= 4 is 18.0 Å². The number of hydrogen-bond donors (Lipinski definition) is 2. The lowest BCUT2D eigenvalue weighted by Crippen LogP contribution is -1.80. The highest BCUT2D eigenvalue weighted by atomic mass is 31.2. The molecule has 32 valence electrons. The van der Waals surface area contributed by atoms with Gasteiger partial charge in [0, 0.05) is 9.47 Å². The van der Waals surface area contributed by atoms with Gasteiger partial charge < -0.3 is 9.20 Å². The summed E-state index contributed by atoms with van der Waals surface area (Å²) in [5.74, 6) is 0. The van der Waals surface area contributed by atoms with Crippen LogP contribution in [-0.2, 0) is 4.31 Å². The molecule has 0 aromatic rings. The van der Waals surface area contributed by atoms with E-state index in [2.05, 4.69) is 9.81 Å². The quantitative estimate of drug-likeness (QED) is 0.469. The van der Waals surface area contributed by atoms with Crippen LogP contribution in [0.4, 0.5) is 0 Å². The second-order valence-corrected chi connectivity index (χ2v) is 1.86. The number of hydrogen-bond acceptors (Lipinski definition) is 3. The lowest BCUT2D eigenvalue weighted by atomic mass is 13.9. The Morgan fingerprint density at radius 2 is 2.20 bits per heavy atom. The largest absolute Gasteiger partial charge is 0.338 e. The Bertz CT molecular complexity index is 21.6. The predicted octanol–water partition coefficient (Wildman–Crippen LogP) is -0.0290. The SMILES string of the molecule is NP(O)OP. The van der Waals surface area contributed by atoms with Crippen molar-refractivity contribution in [3.8, 4) is 0 Å². The molecule has 0 aliphatic heterocycles. The molecule has 0 heterocycles. The van der Waals surface area contributed by atoms with Crippen molar-refractivity contribution in [2.45, 2.75) is 0 Å². The van der Waals surface area contributed by atoms with Gasteiger partial charge in [-0.2, -0.15) is 0 Å². The number of nitrogens with two attached hydrogens (primary N) is 1. The Morgan fingerprint density at radius 1 is 2.00 bits per heavy atom. The van der Waals surface area contributed by atoms with E-state index in [-0.39, 0.29) is 0 Å². The molecule has 0 saturated carbocycles. The van der Waals surface area contributed by atoms with E-state index in [0.717, 1.165) is 0 Å². The maximum Gasteiger partial charge on any atom is 0.253 e. The van der Waals surface area contributed by atoms with Gasteiger partial charge in [0.2, 0.25) is 0 Å². The van der Waals surface area contributed by atoms with Crippen LogP contribution in [0.25, 0.3) is 0 Å². The first-order valence-corrected chi connectivity index (χ1v) is 2.63. The van der Waals surface area contributed by atoms with Gasteiger partial charge in [-0.3, -0.25) is 5.50 Å². The highest BCUT2D eigenvalue weighted by Gasteiger charge is 1.83. The van der Waals surface area contributed by atoms with E-state index in [4.69, 9.17) is 4.89 Å². The zero-order valence-corrected chi connectivity index (χ0v) is 4.51. The molecule has 0 spiro atoms. The van der Waals surface area contributed by atoms with Crippen LogP contribution in [0.15, 0.2) is 0 Å². The molecule has 0 saturated heterocycles. The van der Waals surface area contributed by atoms with E-state index in [1.165, 1.54) is 0 Å². The van der Waals surface area contributed by atoms with Gasteiger partial charge >= 0.3 is 0 Å². The molecule has 3 nitrogen and oxygen atoms in total. The molecule has 0 aliphatic rings. The van der Waals surface area contributed by atoms with Crippen LogP contribution in [0.2, 0.25) is 0 Å². The molecule has 0 aromatic carbocycles. The van der Waals surface area contributed by atoms with Crippen LogP contribution >= 0.6 is 18.0 Å². The van der Waals surface area contributed by atoms with Crippen molar-refractivity contribution in [1.29, 1.82) is 0 Å². The fraction of sp³-hybridized carbons (Fsp3) is 0. The summed E-state index contributed by atoms with van der Waals surface area (Å²) < 4.78 is 4.06. The molecule has 0 fully saturated rings. The van der Waals surface area contributed by atoms with E-state index in [1.54, 1.807) is 0 Å². The average molecular weight is 113 g/mol. The Kier molecular flexibility index (Phi) is 3.39. The van der Waals surface area contributed by atoms with Crippen LogP contribution in [0, 0.1) is 0 Å². The first-order chi connectivity index (χ1) is 2.27. The summed E-state index contributed by atoms with van der Waals surface area (Å²) in [5.41, 5.74) is 4.67. The van der Waals surface area contributed by atoms with E-state index in [9.17, 15) is 0 Å². The Hall–Kier alpha value is 0.740. The van der Waals surface area contributed by atoms with E-state index >= 15 is 0 Å². The summed E-state index contributed by atoms with van der Waals surface area (Å²) in [5, 5.41) is 0. The molecule has 2 unspecified atom stereocenters. The Labute approximate surface area is 33.8 Å². The third-order valence-electron chi connectivity index (χ3n) is 0.108. The standard InChI is InChI=1S/H5NO2P2/c1-5(2)3-4/h2H,1,4H2. The molecule has 0 aromatic heterocycles. The van der Waals surface area contributed by atoms with E-state index < -0.39 is 8.53 Å². The Balaban J connectivity index is 2.54. The topological polar surface area (TPSA) is 55.5 Å². The van der Waals surface area contributed by atoms with Gasteiger partial charge in [-0.15, -0.1) is 0 Å². The molecule has 5 heavy (non-hydrogen) atoms. The molecular weight excluding hydrogens is 108 g/mol. The molecule has 0 radical (unpaired) electrons. The molecule has 0 amide bonds. The second kappa shape index (κ2) is 2.95. The molecule has 5 heteroatoms. The third-order valence-corrected chi connectivity index (χ3v) is 0.972. The van der Waals surface area contributed by atoms with Crippen molar-refractivity contribution in [3.05, 3.63) is 0 Å². The normalized spacial score (nSPS) is 15.0. The van der Waals surface area contributed by atoms with Crippen LogP contribution in [0.3, 0.4) is 0 Å². The van der Waals surface area contributed by atoms with Crippen molar-refractivity contribution in [2.75, 3.05) is 0 Å². The third kappa shape index (κ3) is 4.74. The van der Waals surface area contributed by atoms with E-state index in [1.807, 2.05) is 9.47 Å². The summed E-state index contributed by atoms with van der Waals surface area (Å²) >= 11 is 0. The van der Waals surface area contributed by atoms with Crippen LogP contribution < -0.4 is 5.50 Å². The Morgan fingerprint density at radius 3 is 2.20 bits per heavy atom. The fourth-order valence-corrected chi connectivity index (χ4v) is 0. The minimum Gasteiger partial charge on any atom is -0.338 e. The van der Waals surface area contributed by atoms with Gasteiger partial charge in [-0.25, -0.2) is 0 Å². The zero-order chi connectivity index (χ0) is 4.28. The smallest absolute Gasteiger partial charge is 0.253 e. The zero-order valence-electron chi connectivity index (χ0n) is 2.46. The first-order valence-electron chi connectivity index (χ1n) is 0.876. The van der Waals surface area contributed by atoms with Gasteiger partial charge in [0.05, 0.1) is 0 Å². The molecule has 0 aliphatic carbocycles. The predicted molar refractivity (Wildman–Crippen MR) is 24.1 cm³/mol. The number of rotatable bonds is 1. The van der Waals surface area contributed by atoms with Gasteiger partial charge in [0.1, 0.15) is 0 Å². The molecule has 3 N–H and O–H groups in total. The van der Waals surface area contributed by atoms with Crippen molar-refractivity contribution in [1.82, 2.24) is 0 Å². The van der Waals surface area contributed by atoms with Crippen molar-refractivity contribution in [3.63, 3.8) is 0 Å². The maximum atomic E-state index is 7.96. The monoisotopic (exact) mass is 113 g/mol. The van der Waals surface area contributed by atoms with Gasteiger partial charge in [-0.05, 0) is 0 Å². The van der Waals surface area contributed by atoms with Crippen molar-refractivity contribution in [2.24, 2.45) is 5.50 Å². The first kappa shape index (κ1) is 5.74. The van der Waals surface area contributed by atoms with Crippen LogP contribution in [0.5, 0.6) is 0 Å². The minimum atomic E-state index is -1.64. The van der Waals surface area contributed by atoms with Gasteiger partial charge in [0.25, 0.3) is 8.53 Å². The van der Waals surface area contributed by atoms with Gasteiger partial charge in [0.15, 0.2) is 0 Å². The highest BCUT2D eigenvalue weighted by molar-refractivity contribution is 7.48. The minimum absolute atomic E-state index is 1.64. The lowest BCUT2D eigenvalue weighted by Gasteiger charge is -1.91. The van der Waals surface area contributed by atoms with Crippen LogP contribution in [0.1, 0.15) is 0 Å². The highest BCUT2D eigenvalue weighted by Crippen LogP contribution is 2.22. The molecule has 0 rings (SSSR count). The average Bonchev–Trinajstić information content (AvgIpc) is 1.38. The summed E-state index contributed by atoms with van der Waals surface area (Å²) in [6.07, 6.45) is 0. The molecule has 2 atom stereocenters.